The standard InChI is InChI=1S/C52H70N8O10S2/c1-30(61)45(31(2)62)59-51(69)43-29-72-71-28-42(57-48(66)39(54)25-34-16-8-5-9-17-34)44(64)27-37(24-33-14-6-4-7-15-33)47(65)56-41(26-36-22-21-35-18-10-11-19-38(35)36)50(68)55-40(20-12-13-23-53)49(67)60-46(32(3)63)52(70)58-43/h4-11,14-19,22,30-32,37,39-43,45-46,61-63H,12-13,20-21,23-29,53-54H2,1-3H3,(H,55,68)(H,56,65)(H,57,66)(H,58,70)(H,59,69)(H,60,67)/t30-,31?,32-,37-,39-,40+,41-,42+,43+,45?,46+/m1/s1. The Kier molecular flexibility index (Phi) is 22.7. The number of nitrogens with one attached hydrogen (secondary N) is 6. The Morgan fingerprint density at radius 3 is 1.99 bits per heavy atom. The van der Waals surface area contributed by atoms with E-state index in [0.717, 1.165) is 49.4 Å². The summed E-state index contributed by atoms with van der Waals surface area (Å²) in [5.74, 6) is -6.44. The van der Waals surface area contributed by atoms with Crippen LogP contribution in [0.15, 0.2) is 91.0 Å². The summed E-state index contributed by atoms with van der Waals surface area (Å²) < 4.78 is 0. The lowest BCUT2D eigenvalue weighted by atomic mass is 9.90. The molecule has 1 aliphatic heterocycles. The molecule has 390 valence electrons. The summed E-state index contributed by atoms with van der Waals surface area (Å²) in [5.41, 5.74) is 16.4. The van der Waals surface area contributed by atoms with Crippen molar-refractivity contribution in [3.63, 3.8) is 0 Å². The molecule has 2 unspecified atom stereocenters. The summed E-state index contributed by atoms with van der Waals surface area (Å²) in [6, 6.07) is 16.8. The van der Waals surface area contributed by atoms with Crippen LogP contribution in [0.1, 0.15) is 75.1 Å². The molecule has 3 aromatic carbocycles. The lowest BCUT2D eigenvalue weighted by Crippen LogP contribution is -2.62. The number of aliphatic hydroxyl groups excluding tert-OH is 3. The molecule has 2 aliphatic rings. The number of carbonyl (C=O) groups is 7. The first-order valence-electron chi connectivity index (χ1n) is 24.4. The second-order valence-electron chi connectivity index (χ2n) is 18.5. The first-order valence-corrected chi connectivity index (χ1v) is 26.9. The average Bonchev–Trinajstić information content (AvgIpc) is 3.76. The van der Waals surface area contributed by atoms with Crippen molar-refractivity contribution in [2.24, 2.45) is 17.4 Å². The predicted octanol–water partition coefficient (Wildman–Crippen LogP) is 0.980. The third-order valence-corrected chi connectivity index (χ3v) is 15.1. The van der Waals surface area contributed by atoms with E-state index in [1.165, 1.54) is 20.8 Å². The minimum Gasteiger partial charge on any atom is -0.391 e. The van der Waals surface area contributed by atoms with Gasteiger partial charge < -0.3 is 58.7 Å². The third kappa shape index (κ3) is 17.3. The number of allylic oxidation sites excluding steroid dienone is 1. The van der Waals surface area contributed by atoms with Crippen LogP contribution in [0.5, 0.6) is 0 Å². The first-order chi connectivity index (χ1) is 34.4. The van der Waals surface area contributed by atoms with Gasteiger partial charge in [-0.25, -0.2) is 0 Å². The van der Waals surface area contributed by atoms with Crippen LogP contribution in [0.25, 0.3) is 5.57 Å². The van der Waals surface area contributed by atoms with Gasteiger partial charge in [0.25, 0.3) is 0 Å². The van der Waals surface area contributed by atoms with Gasteiger partial charge in [-0.3, -0.25) is 33.6 Å². The van der Waals surface area contributed by atoms with Gasteiger partial charge in [0.05, 0.1) is 36.4 Å². The first kappa shape index (κ1) is 57.3. The van der Waals surface area contributed by atoms with E-state index in [1.807, 2.05) is 78.9 Å². The smallest absolute Gasteiger partial charge is 0.245 e. The van der Waals surface area contributed by atoms with E-state index in [4.69, 9.17) is 11.5 Å². The van der Waals surface area contributed by atoms with Crippen molar-refractivity contribution >= 4 is 68.4 Å². The van der Waals surface area contributed by atoms with Gasteiger partial charge in [-0.05, 0) is 93.7 Å². The number of carbonyl (C=O) groups excluding carboxylic acids is 7. The number of unbranched alkanes of at least 4 members (excludes halogenated alkanes) is 1. The highest BCUT2D eigenvalue weighted by Gasteiger charge is 2.37. The monoisotopic (exact) mass is 1030 g/mol. The molecule has 1 aliphatic carbocycles. The second-order valence-corrected chi connectivity index (χ2v) is 21.0. The van der Waals surface area contributed by atoms with Crippen molar-refractivity contribution in [3.8, 4) is 0 Å². The SMILES string of the molecule is CC(O)C(NC(=O)[C@@H]1CSSC[C@H](NC(=O)[C@H](N)Cc2ccccc2)C(=O)C[C@@H](Cc2ccccc2)C(=O)N[C@H](CC2=CCc3ccccc32)C(=O)N[C@@H](CCCCN)C(=O)N[C@@H]([C@@H](C)O)C(=O)N1)[C@@H](C)O. The number of hydrogen-bond acceptors (Lipinski definition) is 14. The third-order valence-electron chi connectivity index (χ3n) is 12.6. The molecule has 0 saturated carbocycles. The minimum absolute atomic E-state index is 0.0106. The van der Waals surface area contributed by atoms with Crippen LogP contribution in [-0.4, -0.2) is 135 Å². The Bertz CT molecular complexity index is 2330. The zero-order valence-electron chi connectivity index (χ0n) is 41.0. The molecule has 1 heterocycles. The highest BCUT2D eigenvalue weighted by atomic mass is 33.1. The van der Waals surface area contributed by atoms with Crippen molar-refractivity contribution in [1.82, 2.24) is 31.9 Å². The Balaban J connectivity index is 1.56. The molecule has 11 atom stereocenters. The molecule has 13 N–H and O–H groups in total. The van der Waals surface area contributed by atoms with Gasteiger partial charge >= 0.3 is 0 Å². The summed E-state index contributed by atoms with van der Waals surface area (Å²) in [7, 11) is 2.14. The molecule has 6 amide bonds. The van der Waals surface area contributed by atoms with E-state index in [2.05, 4.69) is 31.9 Å². The lowest BCUT2D eigenvalue weighted by Gasteiger charge is -2.30. The average molecular weight is 1030 g/mol. The minimum atomic E-state index is -1.65. The van der Waals surface area contributed by atoms with Gasteiger partial charge in [-0.15, -0.1) is 0 Å². The predicted molar refractivity (Wildman–Crippen MR) is 279 cm³/mol. The molecule has 20 heteroatoms. The van der Waals surface area contributed by atoms with Gasteiger partial charge in [-0.1, -0.05) is 113 Å². The number of rotatable bonds is 17. The van der Waals surface area contributed by atoms with Crippen molar-refractivity contribution in [1.29, 1.82) is 0 Å². The van der Waals surface area contributed by atoms with Gasteiger partial charge in [0.15, 0.2) is 5.78 Å². The molecule has 0 radical (unpaired) electrons. The van der Waals surface area contributed by atoms with Crippen molar-refractivity contribution in [3.05, 3.63) is 113 Å². The number of benzene rings is 3. The number of hydrogen-bond donors (Lipinski definition) is 11. The van der Waals surface area contributed by atoms with Crippen LogP contribution in [0.4, 0.5) is 0 Å². The molecule has 5 rings (SSSR count). The fourth-order valence-electron chi connectivity index (χ4n) is 8.54. The quantitative estimate of drug-likeness (QED) is 0.0664. The summed E-state index contributed by atoms with van der Waals surface area (Å²) in [5, 5.41) is 48.0. The summed E-state index contributed by atoms with van der Waals surface area (Å²) in [6.07, 6.45) is -0.600. The van der Waals surface area contributed by atoms with Crippen molar-refractivity contribution in [2.75, 3.05) is 18.1 Å². The topological polar surface area (TPSA) is 304 Å². The van der Waals surface area contributed by atoms with Crippen LogP contribution in [0, 0.1) is 5.92 Å². The number of fused-ring (bicyclic) bond motifs is 1. The number of amides is 6. The van der Waals surface area contributed by atoms with E-state index in [-0.39, 0.29) is 50.2 Å². The maximum absolute atomic E-state index is 14.8. The maximum Gasteiger partial charge on any atom is 0.245 e. The Morgan fingerprint density at radius 1 is 0.722 bits per heavy atom. The second kappa shape index (κ2) is 28.6. The molecule has 0 spiro atoms. The number of aliphatic hydroxyl groups is 3. The van der Waals surface area contributed by atoms with Crippen LogP contribution in [0.2, 0.25) is 0 Å². The zero-order chi connectivity index (χ0) is 52.3. The zero-order valence-corrected chi connectivity index (χ0v) is 42.6. The fourth-order valence-corrected chi connectivity index (χ4v) is 10.9. The highest BCUT2D eigenvalue weighted by molar-refractivity contribution is 8.76. The summed E-state index contributed by atoms with van der Waals surface area (Å²) >= 11 is 0. The highest BCUT2D eigenvalue weighted by Crippen LogP contribution is 2.31. The molecular formula is C52H70N8O10S2. The van der Waals surface area contributed by atoms with Crippen LogP contribution < -0.4 is 43.4 Å². The summed E-state index contributed by atoms with van der Waals surface area (Å²) in [6.45, 7) is 4.29. The number of ketones is 1. The van der Waals surface area contributed by atoms with Gasteiger partial charge in [0.2, 0.25) is 35.4 Å². The molecule has 3 aromatic rings. The molecule has 0 bridgehead atoms. The maximum atomic E-state index is 14.8. The molecule has 0 aromatic heterocycles. The van der Waals surface area contributed by atoms with Gasteiger partial charge in [0.1, 0.15) is 24.2 Å². The van der Waals surface area contributed by atoms with E-state index in [0.29, 0.717) is 19.3 Å². The normalized spacial score (nSPS) is 23.8. The fraction of sp³-hybridized carbons (Fsp3) is 0.481. The van der Waals surface area contributed by atoms with E-state index < -0.39 is 108 Å². The number of nitrogens with two attached hydrogens (primary N) is 2. The Labute approximate surface area is 428 Å². The lowest BCUT2D eigenvalue weighted by molar-refractivity contribution is -0.137. The van der Waals surface area contributed by atoms with Gasteiger partial charge in [-0.2, -0.15) is 0 Å². The van der Waals surface area contributed by atoms with Crippen LogP contribution >= 0.6 is 21.6 Å². The molecule has 1 saturated heterocycles. The molecular weight excluding hydrogens is 961 g/mol. The van der Waals surface area contributed by atoms with Crippen molar-refractivity contribution in [2.45, 2.75) is 133 Å². The molecule has 1 fully saturated rings. The van der Waals surface area contributed by atoms with E-state index >= 15 is 0 Å². The Hall–Kier alpha value is -5.61. The van der Waals surface area contributed by atoms with Gasteiger partial charge in [0, 0.05) is 30.3 Å². The van der Waals surface area contributed by atoms with Crippen molar-refractivity contribution < 1.29 is 48.9 Å². The summed E-state index contributed by atoms with van der Waals surface area (Å²) in [4.78, 5) is 100. The van der Waals surface area contributed by atoms with Crippen LogP contribution in [-0.2, 0) is 52.8 Å². The van der Waals surface area contributed by atoms with E-state index in [9.17, 15) is 48.9 Å². The van der Waals surface area contributed by atoms with E-state index in [1.54, 1.807) is 12.1 Å². The number of Topliss-reactive ketones (excluding diaryl/α,β-unsaturated/α-hetero) is 1. The molecule has 18 nitrogen and oxygen atoms in total. The Morgan fingerprint density at radius 2 is 1.33 bits per heavy atom. The van der Waals surface area contributed by atoms with Crippen LogP contribution in [0.3, 0.4) is 0 Å². The largest absolute Gasteiger partial charge is 0.391 e. The molecule has 72 heavy (non-hydrogen) atoms.